The molecule has 94 valence electrons. The third kappa shape index (κ3) is 1.88. The van der Waals surface area contributed by atoms with Crippen molar-refractivity contribution in [3.8, 4) is 10.6 Å². The van der Waals surface area contributed by atoms with Gasteiger partial charge in [-0.1, -0.05) is 30.2 Å². The van der Waals surface area contributed by atoms with Crippen LogP contribution >= 0.6 is 11.3 Å². The first kappa shape index (κ1) is 11.9. The van der Waals surface area contributed by atoms with E-state index in [1.807, 2.05) is 0 Å². The Hall–Kier alpha value is -1.19. The van der Waals surface area contributed by atoms with Crippen LogP contribution in [0.2, 0.25) is 0 Å². The summed E-state index contributed by atoms with van der Waals surface area (Å²) in [5.41, 5.74) is 9.82. The first-order chi connectivity index (χ1) is 8.73. The molecule has 0 unspecified atom stereocenters. The van der Waals surface area contributed by atoms with Crippen LogP contribution in [0.1, 0.15) is 30.5 Å². The van der Waals surface area contributed by atoms with E-state index in [9.17, 15) is 0 Å². The van der Waals surface area contributed by atoms with Crippen LogP contribution in [-0.2, 0) is 5.41 Å². The predicted octanol–water partition coefficient (Wildman–Crippen LogP) is 3.50. The summed E-state index contributed by atoms with van der Waals surface area (Å²) < 4.78 is 0. The van der Waals surface area contributed by atoms with Crippen molar-refractivity contribution in [3.63, 3.8) is 0 Å². The molecule has 0 saturated heterocycles. The Labute approximate surface area is 112 Å². The molecule has 1 heterocycles. The van der Waals surface area contributed by atoms with E-state index in [1.54, 1.807) is 11.3 Å². The first-order valence-corrected chi connectivity index (χ1v) is 7.35. The highest BCUT2D eigenvalue weighted by atomic mass is 32.1. The second kappa shape index (κ2) is 4.48. The van der Waals surface area contributed by atoms with Crippen LogP contribution in [0, 0.1) is 6.92 Å². The molecule has 0 atom stereocenters. The minimum atomic E-state index is 0.179. The molecule has 1 saturated carbocycles. The number of nitrogens with zero attached hydrogens (tertiary/aromatic N) is 1. The molecule has 1 aromatic heterocycles. The van der Waals surface area contributed by atoms with Gasteiger partial charge in [-0.25, -0.2) is 4.98 Å². The van der Waals surface area contributed by atoms with E-state index in [2.05, 4.69) is 36.6 Å². The third-order valence-electron chi connectivity index (χ3n) is 4.01. The van der Waals surface area contributed by atoms with Gasteiger partial charge in [0, 0.05) is 22.9 Å². The number of thiazole rings is 1. The van der Waals surface area contributed by atoms with Crippen LogP contribution in [0.3, 0.4) is 0 Å². The van der Waals surface area contributed by atoms with E-state index in [4.69, 9.17) is 10.7 Å². The van der Waals surface area contributed by atoms with Gasteiger partial charge in [-0.05, 0) is 25.8 Å². The monoisotopic (exact) mass is 258 g/mol. The van der Waals surface area contributed by atoms with E-state index in [-0.39, 0.29) is 5.41 Å². The summed E-state index contributed by atoms with van der Waals surface area (Å²) in [6.45, 7) is 2.84. The predicted molar refractivity (Wildman–Crippen MR) is 76.9 cm³/mol. The van der Waals surface area contributed by atoms with Gasteiger partial charge in [-0.15, -0.1) is 11.3 Å². The smallest absolute Gasteiger partial charge is 0.123 e. The van der Waals surface area contributed by atoms with Gasteiger partial charge in [0.1, 0.15) is 5.01 Å². The standard InChI is InChI=1S/C15H18N2S/c1-11-4-2-5-12(8-11)14-17-13(9-18-14)15(10-16)6-3-7-15/h2,4-5,8-9H,3,6-7,10,16H2,1H3. The van der Waals surface area contributed by atoms with E-state index in [0.717, 1.165) is 11.6 Å². The number of benzene rings is 1. The average Bonchev–Trinajstić information content (AvgIpc) is 2.78. The molecule has 2 N–H and O–H groups in total. The van der Waals surface area contributed by atoms with Gasteiger partial charge in [-0.2, -0.15) is 0 Å². The lowest BCUT2D eigenvalue weighted by atomic mass is 9.67. The SMILES string of the molecule is Cc1cccc(-c2nc(C3(CN)CCC3)cs2)c1. The molecule has 0 radical (unpaired) electrons. The van der Waals surface area contributed by atoms with Crippen molar-refractivity contribution in [2.75, 3.05) is 6.54 Å². The highest BCUT2D eigenvalue weighted by Crippen LogP contribution is 2.43. The van der Waals surface area contributed by atoms with Crippen molar-refractivity contribution in [1.82, 2.24) is 4.98 Å². The molecule has 2 nitrogen and oxygen atoms in total. The van der Waals surface area contributed by atoms with Crippen molar-refractivity contribution in [2.24, 2.45) is 5.73 Å². The normalized spacial score (nSPS) is 17.4. The molecule has 2 aromatic rings. The Bertz CT molecular complexity index is 550. The number of rotatable bonds is 3. The van der Waals surface area contributed by atoms with Gasteiger partial charge in [0.15, 0.2) is 0 Å². The summed E-state index contributed by atoms with van der Waals surface area (Å²) in [7, 11) is 0. The van der Waals surface area contributed by atoms with Crippen LogP contribution in [0.4, 0.5) is 0 Å². The Morgan fingerprint density at radius 2 is 2.22 bits per heavy atom. The molecule has 18 heavy (non-hydrogen) atoms. The van der Waals surface area contributed by atoms with Crippen molar-refractivity contribution >= 4 is 11.3 Å². The molecular weight excluding hydrogens is 240 g/mol. The Morgan fingerprint density at radius 1 is 1.39 bits per heavy atom. The van der Waals surface area contributed by atoms with Crippen LogP contribution in [0.15, 0.2) is 29.6 Å². The summed E-state index contributed by atoms with van der Waals surface area (Å²) in [5, 5.41) is 3.32. The van der Waals surface area contributed by atoms with Gasteiger partial charge in [0.25, 0.3) is 0 Å². The lowest BCUT2D eigenvalue weighted by molar-refractivity contribution is 0.247. The third-order valence-corrected chi connectivity index (χ3v) is 4.91. The van der Waals surface area contributed by atoms with Gasteiger partial charge in [0.05, 0.1) is 5.69 Å². The minimum absolute atomic E-state index is 0.179. The molecule has 0 amide bonds. The number of aromatic nitrogens is 1. The fourth-order valence-electron chi connectivity index (χ4n) is 2.60. The number of nitrogens with two attached hydrogens (primary N) is 1. The maximum atomic E-state index is 5.94. The van der Waals surface area contributed by atoms with Crippen LogP contribution in [0.25, 0.3) is 10.6 Å². The molecule has 0 spiro atoms. The van der Waals surface area contributed by atoms with E-state index >= 15 is 0 Å². The van der Waals surface area contributed by atoms with E-state index in [1.165, 1.54) is 36.1 Å². The highest BCUT2D eigenvalue weighted by Gasteiger charge is 2.39. The molecule has 3 heteroatoms. The molecule has 3 rings (SSSR count). The zero-order valence-corrected chi connectivity index (χ0v) is 11.5. The summed E-state index contributed by atoms with van der Waals surface area (Å²) >= 11 is 1.74. The second-order valence-electron chi connectivity index (χ2n) is 5.25. The summed E-state index contributed by atoms with van der Waals surface area (Å²) in [4.78, 5) is 4.83. The summed E-state index contributed by atoms with van der Waals surface area (Å²) in [6, 6.07) is 8.53. The van der Waals surface area contributed by atoms with Gasteiger partial charge < -0.3 is 5.73 Å². The number of aryl methyl sites for hydroxylation is 1. The fourth-order valence-corrected chi connectivity index (χ4v) is 3.54. The van der Waals surface area contributed by atoms with Crippen molar-refractivity contribution < 1.29 is 0 Å². The van der Waals surface area contributed by atoms with Crippen LogP contribution in [-0.4, -0.2) is 11.5 Å². The van der Waals surface area contributed by atoms with Crippen LogP contribution < -0.4 is 5.73 Å². The fraction of sp³-hybridized carbons (Fsp3) is 0.400. The molecule has 1 aliphatic carbocycles. The largest absolute Gasteiger partial charge is 0.330 e. The Morgan fingerprint density at radius 3 is 2.83 bits per heavy atom. The second-order valence-corrected chi connectivity index (χ2v) is 6.10. The highest BCUT2D eigenvalue weighted by molar-refractivity contribution is 7.13. The molecule has 1 aliphatic rings. The number of hydrogen-bond acceptors (Lipinski definition) is 3. The van der Waals surface area contributed by atoms with E-state index < -0.39 is 0 Å². The van der Waals surface area contributed by atoms with Gasteiger partial charge in [-0.3, -0.25) is 0 Å². The average molecular weight is 258 g/mol. The summed E-state index contributed by atoms with van der Waals surface area (Å²) in [6.07, 6.45) is 3.68. The van der Waals surface area contributed by atoms with Crippen molar-refractivity contribution in [2.45, 2.75) is 31.6 Å². The maximum Gasteiger partial charge on any atom is 0.123 e. The lowest BCUT2D eigenvalue weighted by Crippen LogP contribution is -2.41. The number of hydrogen-bond donors (Lipinski definition) is 1. The molecule has 0 bridgehead atoms. The zero-order chi connectivity index (χ0) is 12.6. The topological polar surface area (TPSA) is 38.9 Å². The lowest BCUT2D eigenvalue weighted by Gasteiger charge is -2.39. The summed E-state index contributed by atoms with van der Waals surface area (Å²) in [5.74, 6) is 0. The van der Waals surface area contributed by atoms with Crippen molar-refractivity contribution in [3.05, 3.63) is 40.9 Å². The molecule has 1 fully saturated rings. The maximum absolute atomic E-state index is 5.94. The van der Waals surface area contributed by atoms with Gasteiger partial charge >= 0.3 is 0 Å². The van der Waals surface area contributed by atoms with Crippen molar-refractivity contribution in [1.29, 1.82) is 0 Å². The van der Waals surface area contributed by atoms with Crippen LogP contribution in [0.5, 0.6) is 0 Å². The Balaban J connectivity index is 1.94. The molecule has 0 aliphatic heterocycles. The van der Waals surface area contributed by atoms with Gasteiger partial charge in [0.2, 0.25) is 0 Å². The zero-order valence-electron chi connectivity index (χ0n) is 10.6. The molecule has 1 aromatic carbocycles. The van der Waals surface area contributed by atoms with E-state index in [0.29, 0.717) is 0 Å². The molecular formula is C15H18N2S. The minimum Gasteiger partial charge on any atom is -0.330 e. The first-order valence-electron chi connectivity index (χ1n) is 6.47. The Kier molecular flexibility index (Phi) is 2.96. The quantitative estimate of drug-likeness (QED) is 0.915.